The van der Waals surface area contributed by atoms with Crippen LogP contribution in [0.5, 0.6) is 0 Å². The van der Waals surface area contributed by atoms with E-state index in [9.17, 15) is 4.79 Å². The molecule has 0 spiro atoms. The van der Waals surface area contributed by atoms with Crippen LogP contribution in [-0.2, 0) is 6.54 Å². The number of hydrogen-bond acceptors (Lipinski definition) is 2. The van der Waals surface area contributed by atoms with Crippen LogP contribution in [0.1, 0.15) is 29.5 Å². The van der Waals surface area contributed by atoms with Crippen LogP contribution in [0.3, 0.4) is 0 Å². The third-order valence-corrected chi connectivity index (χ3v) is 4.44. The highest BCUT2D eigenvalue weighted by atomic mass is 16.1. The van der Waals surface area contributed by atoms with E-state index in [1.54, 1.807) is 6.07 Å². The molecule has 1 saturated heterocycles. The van der Waals surface area contributed by atoms with Crippen LogP contribution in [0.2, 0.25) is 0 Å². The van der Waals surface area contributed by atoms with Gasteiger partial charge in [0.1, 0.15) is 0 Å². The van der Waals surface area contributed by atoms with Gasteiger partial charge in [-0.1, -0.05) is 42.0 Å². The third kappa shape index (κ3) is 4.42. The molecule has 0 radical (unpaired) electrons. The summed E-state index contributed by atoms with van der Waals surface area (Å²) >= 11 is 0. The number of pyridine rings is 1. The minimum atomic E-state index is 0.0925. The predicted molar refractivity (Wildman–Crippen MR) is 96.4 cm³/mol. The number of nitrogens with zero attached hydrogens (tertiary/aromatic N) is 1. The van der Waals surface area contributed by atoms with E-state index < -0.39 is 0 Å². The average molecular weight is 308 g/mol. The molecule has 2 heterocycles. The number of aromatic nitrogens is 1. The SMILES string of the molecule is Cc1cccc(/C=C/c2ccn(CC3CCNCC3)c(=O)c2)c1. The van der Waals surface area contributed by atoms with Gasteiger partial charge in [0.25, 0.3) is 5.56 Å². The number of benzene rings is 1. The van der Waals surface area contributed by atoms with Gasteiger partial charge in [0.05, 0.1) is 0 Å². The molecule has 0 aliphatic carbocycles. The summed E-state index contributed by atoms with van der Waals surface area (Å²) in [4.78, 5) is 12.3. The van der Waals surface area contributed by atoms with Crippen molar-refractivity contribution < 1.29 is 0 Å². The molecule has 23 heavy (non-hydrogen) atoms. The van der Waals surface area contributed by atoms with E-state index in [2.05, 4.69) is 36.5 Å². The Morgan fingerprint density at radius 3 is 2.57 bits per heavy atom. The zero-order valence-corrected chi connectivity index (χ0v) is 13.7. The maximum absolute atomic E-state index is 12.3. The zero-order chi connectivity index (χ0) is 16.1. The molecule has 1 fully saturated rings. The van der Waals surface area contributed by atoms with Gasteiger partial charge in [0.2, 0.25) is 0 Å². The molecule has 0 bridgehead atoms. The molecule has 3 rings (SSSR count). The number of rotatable bonds is 4. The van der Waals surface area contributed by atoms with Crippen molar-refractivity contribution in [1.82, 2.24) is 9.88 Å². The Kier molecular flexibility index (Phi) is 5.09. The van der Waals surface area contributed by atoms with Gasteiger partial charge in [-0.25, -0.2) is 0 Å². The van der Waals surface area contributed by atoms with Gasteiger partial charge >= 0.3 is 0 Å². The fourth-order valence-electron chi connectivity index (χ4n) is 3.09. The first-order valence-electron chi connectivity index (χ1n) is 8.37. The van der Waals surface area contributed by atoms with Crippen LogP contribution in [0.15, 0.2) is 47.4 Å². The summed E-state index contributed by atoms with van der Waals surface area (Å²) < 4.78 is 1.85. The Morgan fingerprint density at radius 2 is 1.87 bits per heavy atom. The lowest BCUT2D eigenvalue weighted by Crippen LogP contribution is -2.32. The first-order chi connectivity index (χ1) is 11.2. The van der Waals surface area contributed by atoms with Crippen LogP contribution in [0.25, 0.3) is 12.2 Å². The highest BCUT2D eigenvalue weighted by Crippen LogP contribution is 2.14. The number of aryl methyl sites for hydroxylation is 1. The van der Waals surface area contributed by atoms with Gasteiger partial charge in [-0.2, -0.15) is 0 Å². The molecule has 0 amide bonds. The van der Waals surface area contributed by atoms with Crippen molar-refractivity contribution in [2.75, 3.05) is 13.1 Å². The molecular formula is C20H24N2O. The largest absolute Gasteiger partial charge is 0.317 e. The standard InChI is InChI=1S/C20H24N2O/c1-16-3-2-4-17(13-16)5-6-18-9-12-22(20(23)14-18)15-19-7-10-21-11-8-19/h2-6,9,12-14,19,21H,7-8,10-11,15H2,1H3/b6-5+. The van der Waals surface area contributed by atoms with Crippen LogP contribution in [0, 0.1) is 12.8 Å². The van der Waals surface area contributed by atoms with Crippen molar-refractivity contribution >= 4 is 12.2 Å². The topological polar surface area (TPSA) is 34.0 Å². The summed E-state index contributed by atoms with van der Waals surface area (Å²) in [5, 5.41) is 3.36. The molecule has 0 saturated carbocycles. The normalized spacial score (nSPS) is 16.0. The lowest BCUT2D eigenvalue weighted by molar-refractivity contribution is 0.330. The maximum Gasteiger partial charge on any atom is 0.251 e. The Bertz CT molecular complexity index is 739. The smallest absolute Gasteiger partial charge is 0.251 e. The summed E-state index contributed by atoms with van der Waals surface area (Å²) in [5.41, 5.74) is 3.45. The minimum absolute atomic E-state index is 0.0925. The van der Waals surface area contributed by atoms with Crippen LogP contribution < -0.4 is 10.9 Å². The second-order valence-corrected chi connectivity index (χ2v) is 6.39. The highest BCUT2D eigenvalue weighted by Gasteiger charge is 2.13. The molecule has 1 aliphatic heterocycles. The lowest BCUT2D eigenvalue weighted by Gasteiger charge is -2.23. The summed E-state index contributed by atoms with van der Waals surface area (Å²) in [7, 11) is 0. The van der Waals surface area contributed by atoms with Crippen molar-refractivity contribution in [3.05, 3.63) is 69.6 Å². The Morgan fingerprint density at radius 1 is 1.13 bits per heavy atom. The van der Waals surface area contributed by atoms with Gasteiger partial charge in [-0.05, 0) is 56.0 Å². The van der Waals surface area contributed by atoms with E-state index in [4.69, 9.17) is 0 Å². The molecule has 1 aliphatic rings. The summed E-state index contributed by atoms with van der Waals surface area (Å²) in [6, 6.07) is 12.1. The van der Waals surface area contributed by atoms with Crippen molar-refractivity contribution in [3.8, 4) is 0 Å². The third-order valence-electron chi connectivity index (χ3n) is 4.44. The van der Waals surface area contributed by atoms with Crippen molar-refractivity contribution in [2.45, 2.75) is 26.3 Å². The van der Waals surface area contributed by atoms with Crippen molar-refractivity contribution in [3.63, 3.8) is 0 Å². The molecule has 1 aromatic heterocycles. The number of piperidine rings is 1. The Balaban J connectivity index is 1.70. The molecule has 120 valence electrons. The second kappa shape index (κ2) is 7.42. The van der Waals surface area contributed by atoms with Crippen molar-refractivity contribution in [2.24, 2.45) is 5.92 Å². The predicted octanol–water partition coefficient (Wildman–Crippen LogP) is 3.33. The van der Waals surface area contributed by atoms with E-state index >= 15 is 0 Å². The molecule has 0 unspecified atom stereocenters. The maximum atomic E-state index is 12.3. The van der Waals surface area contributed by atoms with Crippen LogP contribution in [0.4, 0.5) is 0 Å². The van der Waals surface area contributed by atoms with Gasteiger partial charge in [-0.3, -0.25) is 4.79 Å². The van der Waals surface area contributed by atoms with Gasteiger partial charge in [-0.15, -0.1) is 0 Å². The lowest BCUT2D eigenvalue weighted by atomic mass is 9.98. The monoisotopic (exact) mass is 308 g/mol. The summed E-state index contributed by atoms with van der Waals surface area (Å²) in [6.45, 7) is 5.05. The van der Waals surface area contributed by atoms with Gasteiger partial charge < -0.3 is 9.88 Å². The second-order valence-electron chi connectivity index (χ2n) is 6.39. The molecule has 1 N–H and O–H groups in total. The number of nitrogens with one attached hydrogen (secondary N) is 1. The molecule has 3 nitrogen and oxygen atoms in total. The van der Waals surface area contributed by atoms with Crippen LogP contribution >= 0.6 is 0 Å². The summed E-state index contributed by atoms with van der Waals surface area (Å²) in [6.07, 6.45) is 8.30. The van der Waals surface area contributed by atoms with E-state index in [1.165, 1.54) is 5.56 Å². The highest BCUT2D eigenvalue weighted by molar-refractivity contribution is 5.69. The van der Waals surface area contributed by atoms with Crippen molar-refractivity contribution in [1.29, 1.82) is 0 Å². The zero-order valence-electron chi connectivity index (χ0n) is 13.7. The van der Waals surface area contributed by atoms with Gasteiger partial charge in [0, 0.05) is 18.8 Å². The van der Waals surface area contributed by atoms with E-state index in [0.717, 1.165) is 43.6 Å². The number of hydrogen-bond donors (Lipinski definition) is 1. The van der Waals surface area contributed by atoms with E-state index in [0.29, 0.717) is 5.92 Å². The fraction of sp³-hybridized carbons (Fsp3) is 0.350. The molecular weight excluding hydrogens is 284 g/mol. The van der Waals surface area contributed by atoms with Crippen LogP contribution in [-0.4, -0.2) is 17.7 Å². The van der Waals surface area contributed by atoms with E-state index in [-0.39, 0.29) is 5.56 Å². The summed E-state index contributed by atoms with van der Waals surface area (Å²) in [5.74, 6) is 0.614. The quantitative estimate of drug-likeness (QED) is 0.940. The van der Waals surface area contributed by atoms with E-state index in [1.807, 2.05) is 29.0 Å². The fourth-order valence-corrected chi connectivity index (χ4v) is 3.09. The molecule has 0 atom stereocenters. The first-order valence-corrected chi connectivity index (χ1v) is 8.37. The first kappa shape index (κ1) is 15.8. The van der Waals surface area contributed by atoms with Gasteiger partial charge in [0.15, 0.2) is 0 Å². The molecule has 3 heteroatoms. The minimum Gasteiger partial charge on any atom is -0.317 e. The average Bonchev–Trinajstić information content (AvgIpc) is 2.56. The Labute approximate surface area is 137 Å². The molecule has 2 aromatic rings. The molecule has 1 aromatic carbocycles. The Hall–Kier alpha value is -2.13.